The Bertz CT molecular complexity index is 678. The van der Waals surface area contributed by atoms with Crippen molar-refractivity contribution in [1.29, 1.82) is 0 Å². The summed E-state index contributed by atoms with van der Waals surface area (Å²) >= 11 is -2.31. The lowest BCUT2D eigenvalue weighted by Crippen LogP contribution is -2.25. The minimum atomic E-state index is -4.57. The van der Waals surface area contributed by atoms with Gasteiger partial charge in [-0.05, 0) is 37.0 Å². The molecule has 1 N–H and O–H groups in total. The van der Waals surface area contributed by atoms with Gasteiger partial charge in [-0.2, -0.15) is 13.2 Å². The van der Waals surface area contributed by atoms with Crippen LogP contribution in [-0.4, -0.2) is 28.9 Å². The van der Waals surface area contributed by atoms with Crippen LogP contribution < -0.4 is 5.32 Å². The molecule has 2 rings (SSSR count). The Hall–Kier alpha value is -1.72. The van der Waals surface area contributed by atoms with Crippen LogP contribution in [0.2, 0.25) is 0 Å². The van der Waals surface area contributed by atoms with Crippen molar-refractivity contribution in [1.82, 2.24) is 5.32 Å². The maximum Gasteiger partial charge on any atom is 0.433 e. The summed E-state index contributed by atoms with van der Waals surface area (Å²) in [5.41, 5.74) is 0.0520. The lowest BCUT2D eigenvalue weighted by molar-refractivity contribution is -0.106. The first-order valence-electron chi connectivity index (χ1n) is 7.22. The van der Waals surface area contributed by atoms with Crippen molar-refractivity contribution in [3.8, 4) is 12.3 Å². The van der Waals surface area contributed by atoms with E-state index < -0.39 is 28.9 Å². The van der Waals surface area contributed by atoms with Crippen molar-refractivity contribution in [3.05, 3.63) is 23.5 Å². The van der Waals surface area contributed by atoms with Crippen LogP contribution in [0.25, 0.3) is 0 Å². The molecule has 3 nitrogen and oxygen atoms in total. The molecule has 0 radical (unpaired) electrons. The summed E-state index contributed by atoms with van der Waals surface area (Å²) in [5, 5.41) is 2.90. The van der Waals surface area contributed by atoms with Gasteiger partial charge in [0.1, 0.15) is 17.3 Å². The molecule has 0 bridgehead atoms. The summed E-state index contributed by atoms with van der Waals surface area (Å²) in [6, 6.07) is 2.17. The zero-order valence-corrected chi connectivity index (χ0v) is 13.7. The lowest BCUT2D eigenvalue weighted by atomic mass is 10.2. The van der Waals surface area contributed by atoms with E-state index in [9.17, 15) is 22.1 Å². The van der Waals surface area contributed by atoms with Crippen LogP contribution in [0.4, 0.5) is 23.2 Å². The molecule has 0 amide bonds. The first kappa shape index (κ1) is 18.6. The Kier molecular flexibility index (Phi) is 5.78. The normalized spacial score (nSPS) is 16.6. The molecule has 1 aliphatic carbocycles. The van der Waals surface area contributed by atoms with Crippen LogP contribution >= 0.6 is 0 Å². The van der Waals surface area contributed by atoms with E-state index >= 15 is 0 Å². The molecule has 24 heavy (non-hydrogen) atoms. The number of aliphatic imine (C=N–C) groups is 1. The second-order valence-corrected chi connectivity index (χ2v) is 6.92. The smallest absolute Gasteiger partial charge is 0.433 e. The molecule has 0 heterocycles. The Labute approximate surface area is 140 Å². The lowest BCUT2D eigenvalue weighted by Gasteiger charge is -2.15. The van der Waals surface area contributed by atoms with Crippen LogP contribution in [0.15, 0.2) is 22.0 Å². The van der Waals surface area contributed by atoms with Gasteiger partial charge in [0.25, 0.3) is 0 Å². The number of aryl methyl sites for hydroxylation is 1. The second-order valence-electron chi connectivity index (χ2n) is 5.50. The Morgan fingerprint density at radius 3 is 2.67 bits per heavy atom. The summed E-state index contributed by atoms with van der Waals surface area (Å²) in [6.07, 6.45) is 2.38. The summed E-state index contributed by atoms with van der Waals surface area (Å²) in [6.45, 7) is 1.63. The zero-order chi connectivity index (χ0) is 17.9. The monoisotopic (exact) mass is 360 g/mol. The molecular formula is C16H16F4N2OS. The SMILES string of the molecule is C#CCN/C(=N\c1cc([S+]([O-])CC(F)(F)F)c(C)cc1F)C1CC1. The third-order valence-corrected chi connectivity index (χ3v) is 4.88. The summed E-state index contributed by atoms with van der Waals surface area (Å²) < 4.78 is 63.4. The summed E-state index contributed by atoms with van der Waals surface area (Å²) in [7, 11) is 0. The first-order chi connectivity index (χ1) is 11.2. The van der Waals surface area contributed by atoms with E-state index in [2.05, 4.69) is 16.2 Å². The average Bonchev–Trinajstić information content (AvgIpc) is 3.28. The van der Waals surface area contributed by atoms with Gasteiger partial charge in [-0.3, -0.25) is 0 Å². The average molecular weight is 360 g/mol. The van der Waals surface area contributed by atoms with Crippen molar-refractivity contribution in [2.45, 2.75) is 30.8 Å². The highest BCUT2D eigenvalue weighted by Crippen LogP contribution is 2.33. The molecule has 1 aliphatic rings. The maximum atomic E-state index is 14.1. The van der Waals surface area contributed by atoms with E-state index in [1.54, 1.807) is 0 Å². The fourth-order valence-electron chi connectivity index (χ4n) is 2.10. The van der Waals surface area contributed by atoms with Crippen molar-refractivity contribution >= 4 is 22.7 Å². The molecule has 1 fully saturated rings. The van der Waals surface area contributed by atoms with Gasteiger partial charge in [0.05, 0.1) is 6.54 Å². The Morgan fingerprint density at radius 1 is 1.46 bits per heavy atom. The predicted molar refractivity (Wildman–Crippen MR) is 85.1 cm³/mol. The fourth-order valence-corrected chi connectivity index (χ4v) is 3.22. The van der Waals surface area contributed by atoms with E-state index in [1.807, 2.05) is 0 Å². The molecule has 0 aliphatic heterocycles. The largest absolute Gasteiger partial charge is 0.611 e. The van der Waals surface area contributed by atoms with Crippen molar-refractivity contribution in [2.24, 2.45) is 10.9 Å². The quantitative estimate of drug-likeness (QED) is 0.287. The molecule has 1 atom stereocenters. The number of rotatable bonds is 5. The van der Waals surface area contributed by atoms with Gasteiger partial charge in [-0.15, -0.1) is 6.42 Å². The highest BCUT2D eigenvalue weighted by atomic mass is 32.2. The number of halogens is 4. The van der Waals surface area contributed by atoms with Crippen LogP contribution in [0.5, 0.6) is 0 Å². The van der Waals surface area contributed by atoms with Crippen molar-refractivity contribution in [3.63, 3.8) is 0 Å². The number of hydrogen-bond acceptors (Lipinski definition) is 2. The number of alkyl halides is 3. The van der Waals surface area contributed by atoms with Gasteiger partial charge in [0.15, 0.2) is 4.90 Å². The molecular weight excluding hydrogens is 344 g/mol. The molecule has 1 aromatic carbocycles. The van der Waals surface area contributed by atoms with Gasteiger partial charge in [0, 0.05) is 17.5 Å². The third kappa shape index (κ3) is 5.14. The van der Waals surface area contributed by atoms with Crippen LogP contribution in [0.3, 0.4) is 0 Å². The number of benzene rings is 1. The molecule has 0 saturated heterocycles. The van der Waals surface area contributed by atoms with Gasteiger partial charge in [-0.25, -0.2) is 9.38 Å². The number of nitrogens with one attached hydrogen (secondary N) is 1. The van der Waals surface area contributed by atoms with E-state index in [0.29, 0.717) is 5.84 Å². The highest BCUT2D eigenvalue weighted by molar-refractivity contribution is 7.91. The van der Waals surface area contributed by atoms with Crippen LogP contribution in [-0.2, 0) is 11.2 Å². The molecule has 130 valence electrons. The topological polar surface area (TPSA) is 47.5 Å². The minimum absolute atomic E-state index is 0.0698. The maximum absolute atomic E-state index is 14.1. The number of amidine groups is 1. The van der Waals surface area contributed by atoms with E-state index in [4.69, 9.17) is 6.42 Å². The standard InChI is InChI=1S/C16H16F4N2OS/c1-3-6-21-15(11-4-5-11)22-13-8-14(10(2)7-12(13)17)24(23)9-16(18,19)20/h1,7-8,11H,4-6,9H2,2H3,(H,21,22). The van der Waals surface area contributed by atoms with Crippen molar-refractivity contribution < 1.29 is 22.1 Å². The van der Waals surface area contributed by atoms with Gasteiger partial charge in [-0.1, -0.05) is 5.92 Å². The summed E-state index contributed by atoms with van der Waals surface area (Å²) in [5.74, 6) is 0.873. The third-order valence-electron chi connectivity index (χ3n) is 3.36. The first-order valence-corrected chi connectivity index (χ1v) is 8.54. The Morgan fingerprint density at radius 2 is 2.12 bits per heavy atom. The molecule has 1 unspecified atom stereocenters. The van der Waals surface area contributed by atoms with E-state index in [-0.39, 0.29) is 28.6 Å². The fraction of sp³-hybridized carbons (Fsp3) is 0.438. The van der Waals surface area contributed by atoms with Crippen molar-refractivity contribution in [2.75, 3.05) is 12.3 Å². The summed E-state index contributed by atoms with van der Waals surface area (Å²) in [4.78, 5) is 4.09. The zero-order valence-electron chi connectivity index (χ0n) is 12.9. The Balaban J connectivity index is 2.33. The molecule has 0 aromatic heterocycles. The molecule has 1 saturated carbocycles. The van der Waals surface area contributed by atoms with Crippen LogP contribution in [0, 0.1) is 31.0 Å². The van der Waals surface area contributed by atoms with Crippen LogP contribution in [0.1, 0.15) is 18.4 Å². The molecule has 1 aromatic rings. The number of terminal acetylenes is 1. The number of nitrogens with zero attached hydrogens (tertiary/aromatic N) is 1. The molecule has 0 spiro atoms. The highest BCUT2D eigenvalue weighted by Gasteiger charge is 2.36. The number of hydrogen-bond donors (Lipinski definition) is 1. The van der Waals surface area contributed by atoms with E-state index in [0.717, 1.165) is 25.0 Å². The van der Waals surface area contributed by atoms with Gasteiger partial charge in [0.2, 0.25) is 5.75 Å². The van der Waals surface area contributed by atoms with Gasteiger partial charge < -0.3 is 9.87 Å². The molecule has 8 heteroatoms. The van der Waals surface area contributed by atoms with E-state index in [1.165, 1.54) is 6.92 Å². The van der Waals surface area contributed by atoms with Gasteiger partial charge >= 0.3 is 6.18 Å². The second kappa shape index (κ2) is 7.45. The predicted octanol–water partition coefficient (Wildman–Crippen LogP) is 3.47. The minimum Gasteiger partial charge on any atom is -0.611 e.